The van der Waals surface area contributed by atoms with Crippen LogP contribution in [0.25, 0.3) is 0 Å². The highest BCUT2D eigenvalue weighted by Gasteiger charge is 2.20. The van der Waals surface area contributed by atoms with E-state index in [9.17, 15) is 40.0 Å². The minimum Gasteiger partial charge on any atom is -0.483 e. The fraction of sp³-hybridized carbons (Fsp3) is 0.178. The molecular weight excluding hydrogens is 890 g/mol. The van der Waals surface area contributed by atoms with E-state index in [1.54, 1.807) is 44.4 Å². The van der Waals surface area contributed by atoms with E-state index in [1.165, 1.54) is 55.5 Å². The summed E-state index contributed by atoms with van der Waals surface area (Å²) in [5, 5.41) is 5.47. The smallest absolute Gasteiger partial charge is 0.262 e. The number of nitrogens with one attached hydrogen (secondary N) is 4. The van der Waals surface area contributed by atoms with Crippen molar-refractivity contribution < 1.29 is 44.7 Å². The zero-order valence-electron chi connectivity index (χ0n) is 34.7. The average molecular weight is 933 g/mol. The molecule has 6 aromatic rings. The summed E-state index contributed by atoms with van der Waals surface area (Å²) in [5.41, 5.74) is 3.37. The largest absolute Gasteiger partial charge is 0.483 e. The predicted octanol–water partition coefficient (Wildman–Crippen LogP) is 6.96. The number of ketones is 1. The van der Waals surface area contributed by atoms with Gasteiger partial charge in [0.2, 0.25) is 26.0 Å². The van der Waals surface area contributed by atoms with Gasteiger partial charge in [-0.3, -0.25) is 24.4 Å². The molecule has 0 saturated heterocycles. The molecule has 0 aliphatic heterocycles. The SMILES string of the molecule is CC(=O)Nc1ccc(S(=O)(=O)NCCc2ccccn2)cc1C.Cc1cc(S(=O)(=O)NCCc2ccccn2)ccc1NC(=O)COc1ccc(Cl)cc1C(=O)c1cc(F)cc(F)c1. The maximum Gasteiger partial charge on any atom is 0.262 e. The molecule has 0 fully saturated rings. The molecule has 4 N–H and O–H groups in total. The molecule has 0 aliphatic carbocycles. The van der Waals surface area contributed by atoms with Crippen LogP contribution in [-0.2, 0) is 42.5 Å². The maximum absolute atomic E-state index is 13.6. The number of hydrogen-bond donors (Lipinski definition) is 4. The van der Waals surface area contributed by atoms with Crippen molar-refractivity contribution in [3.63, 3.8) is 0 Å². The van der Waals surface area contributed by atoms with Crippen molar-refractivity contribution in [2.45, 2.75) is 43.4 Å². The molecule has 0 saturated carbocycles. The third-order valence-corrected chi connectivity index (χ3v) is 12.2. The van der Waals surface area contributed by atoms with Crippen LogP contribution in [0.2, 0.25) is 5.02 Å². The number of anilines is 2. The van der Waals surface area contributed by atoms with E-state index in [4.69, 9.17) is 16.3 Å². The molecule has 334 valence electrons. The monoisotopic (exact) mass is 932 g/mol. The van der Waals surface area contributed by atoms with Crippen LogP contribution in [0.4, 0.5) is 20.2 Å². The number of ether oxygens (including phenoxy) is 1. The number of rotatable bonds is 17. The lowest BCUT2D eigenvalue weighted by Gasteiger charge is -2.14. The molecule has 0 bridgehead atoms. The lowest BCUT2D eigenvalue weighted by molar-refractivity contribution is -0.118. The molecule has 2 amide bonds. The number of nitrogens with zero attached hydrogens (tertiary/aromatic N) is 2. The standard InChI is InChI=1S/C29H24ClF2N3O5S.C16H19N3O3S/c1-18-12-24(41(38,39)34-11-9-23-4-2-3-10-33-23)6-7-26(18)35-28(36)17-40-27-8-5-20(30)15-25(27)29(37)19-13-21(31)16-22(32)14-19;1-12-11-15(6-7-16(12)19-13(2)20)23(21,22)18-10-8-14-5-3-4-9-17-14/h2-8,10,12-16,34H,9,11,17H2,1H3,(H,35,36);3-7,9,11,18H,8,10H2,1-2H3,(H,19,20). The van der Waals surface area contributed by atoms with Crippen molar-refractivity contribution in [3.8, 4) is 5.75 Å². The van der Waals surface area contributed by atoms with Gasteiger partial charge in [0.1, 0.15) is 17.4 Å². The molecule has 0 atom stereocenters. The lowest BCUT2D eigenvalue weighted by Crippen LogP contribution is -2.26. The van der Waals surface area contributed by atoms with Gasteiger partial charge in [0.25, 0.3) is 5.91 Å². The number of aryl methyl sites for hydroxylation is 2. The molecule has 19 heteroatoms. The van der Waals surface area contributed by atoms with Gasteiger partial charge in [0.05, 0.1) is 15.4 Å². The highest BCUT2D eigenvalue weighted by Crippen LogP contribution is 2.27. The lowest BCUT2D eigenvalue weighted by atomic mass is 10.0. The molecular formula is C45H43ClF2N6O8S2. The van der Waals surface area contributed by atoms with Gasteiger partial charge in [-0.05, 0) is 116 Å². The van der Waals surface area contributed by atoms with Crippen LogP contribution >= 0.6 is 11.6 Å². The molecule has 2 heterocycles. The predicted molar refractivity (Wildman–Crippen MR) is 238 cm³/mol. The zero-order valence-corrected chi connectivity index (χ0v) is 37.1. The Hall–Kier alpha value is -6.44. The first-order chi connectivity index (χ1) is 30.4. The number of sulfonamides is 2. The first-order valence-electron chi connectivity index (χ1n) is 19.4. The van der Waals surface area contributed by atoms with Crippen LogP contribution in [0.1, 0.15) is 45.4 Å². The summed E-state index contributed by atoms with van der Waals surface area (Å²) in [6.45, 7) is 4.70. The van der Waals surface area contributed by atoms with E-state index < -0.39 is 50.0 Å². The summed E-state index contributed by atoms with van der Waals surface area (Å²) in [4.78, 5) is 45.1. The molecule has 14 nitrogen and oxygen atoms in total. The van der Waals surface area contributed by atoms with E-state index in [1.807, 2.05) is 24.3 Å². The van der Waals surface area contributed by atoms with Gasteiger partial charge in [-0.2, -0.15) is 0 Å². The van der Waals surface area contributed by atoms with Gasteiger partial charge >= 0.3 is 0 Å². The summed E-state index contributed by atoms with van der Waals surface area (Å²) in [6.07, 6.45) is 4.25. The first kappa shape index (κ1) is 48.6. The number of halogens is 3. The van der Waals surface area contributed by atoms with Gasteiger partial charge in [-0.1, -0.05) is 23.7 Å². The Kier molecular flexibility index (Phi) is 16.9. The molecule has 0 radical (unpaired) electrons. The van der Waals surface area contributed by atoms with Crippen molar-refractivity contribution in [1.29, 1.82) is 0 Å². The first-order valence-corrected chi connectivity index (χ1v) is 22.8. The number of amides is 2. The average Bonchev–Trinajstić information content (AvgIpc) is 3.24. The van der Waals surface area contributed by atoms with Crippen LogP contribution in [0, 0.1) is 25.5 Å². The van der Waals surface area contributed by atoms with Gasteiger partial charge < -0.3 is 15.4 Å². The topological polar surface area (TPSA) is 203 Å². The van der Waals surface area contributed by atoms with Crippen molar-refractivity contribution in [3.05, 3.63) is 172 Å². The van der Waals surface area contributed by atoms with E-state index >= 15 is 0 Å². The second kappa shape index (κ2) is 22.3. The minimum atomic E-state index is -3.79. The molecule has 0 unspecified atom stereocenters. The maximum atomic E-state index is 13.6. The molecule has 0 spiro atoms. The van der Waals surface area contributed by atoms with Crippen molar-refractivity contribution in [1.82, 2.24) is 19.4 Å². The summed E-state index contributed by atoms with van der Waals surface area (Å²) in [5.74, 6) is -3.41. The van der Waals surface area contributed by atoms with Crippen LogP contribution < -0.4 is 24.8 Å². The normalized spacial score (nSPS) is 11.2. The fourth-order valence-electron chi connectivity index (χ4n) is 5.94. The minimum absolute atomic E-state index is 0.0193. The summed E-state index contributed by atoms with van der Waals surface area (Å²) < 4.78 is 87.9. The van der Waals surface area contributed by atoms with Gasteiger partial charge in [-0.25, -0.2) is 35.1 Å². The molecule has 4 aromatic carbocycles. The second-order valence-corrected chi connectivity index (χ2v) is 18.0. The number of aromatic nitrogens is 2. The molecule has 64 heavy (non-hydrogen) atoms. The summed E-state index contributed by atoms with van der Waals surface area (Å²) in [7, 11) is -7.38. The summed E-state index contributed by atoms with van der Waals surface area (Å²) in [6, 6.07) is 26.2. The number of pyridine rings is 2. The van der Waals surface area contributed by atoms with Crippen LogP contribution in [0.15, 0.2) is 131 Å². The Morgan fingerprint density at radius 3 is 1.64 bits per heavy atom. The molecule has 6 rings (SSSR count). The van der Waals surface area contributed by atoms with Crippen molar-refractivity contribution in [2.75, 3.05) is 30.3 Å². The Balaban J connectivity index is 0.000000283. The van der Waals surface area contributed by atoms with Gasteiger partial charge in [0.15, 0.2) is 12.4 Å². The highest BCUT2D eigenvalue weighted by molar-refractivity contribution is 7.89. The Bertz CT molecular complexity index is 2840. The van der Waals surface area contributed by atoms with E-state index in [0.29, 0.717) is 41.4 Å². The third-order valence-electron chi connectivity index (χ3n) is 9.07. The van der Waals surface area contributed by atoms with Crippen molar-refractivity contribution in [2.24, 2.45) is 0 Å². The number of hydrogen-bond acceptors (Lipinski definition) is 10. The fourth-order valence-corrected chi connectivity index (χ4v) is 8.34. The van der Waals surface area contributed by atoms with Gasteiger partial charge in [0, 0.05) is 84.7 Å². The van der Waals surface area contributed by atoms with Crippen molar-refractivity contribution >= 4 is 60.6 Å². The van der Waals surface area contributed by atoms with Crippen LogP contribution in [0.3, 0.4) is 0 Å². The zero-order chi connectivity index (χ0) is 46.4. The van der Waals surface area contributed by atoms with Crippen LogP contribution in [-0.4, -0.2) is 64.1 Å². The number of carbonyl (C=O) groups is 3. The van der Waals surface area contributed by atoms with Gasteiger partial charge in [-0.15, -0.1) is 0 Å². The number of carbonyl (C=O) groups excluding carboxylic acids is 3. The van der Waals surface area contributed by atoms with E-state index in [2.05, 4.69) is 30.0 Å². The number of benzene rings is 4. The summed E-state index contributed by atoms with van der Waals surface area (Å²) >= 11 is 6.01. The molecule has 2 aromatic heterocycles. The Labute approximate surface area is 374 Å². The second-order valence-electron chi connectivity index (χ2n) is 14.0. The molecule has 0 aliphatic rings. The van der Waals surface area contributed by atoms with E-state index in [0.717, 1.165) is 23.5 Å². The Morgan fingerprint density at radius 1 is 0.656 bits per heavy atom. The third kappa shape index (κ3) is 14.3. The van der Waals surface area contributed by atoms with E-state index in [-0.39, 0.29) is 50.7 Å². The quantitative estimate of drug-likeness (QED) is 0.0693. The van der Waals surface area contributed by atoms with Crippen LogP contribution in [0.5, 0.6) is 5.75 Å². The Morgan fingerprint density at radius 2 is 1.17 bits per heavy atom. The highest BCUT2D eigenvalue weighted by atomic mass is 35.5.